The summed E-state index contributed by atoms with van der Waals surface area (Å²) in [5.74, 6) is 0. The quantitative estimate of drug-likeness (QED) is 0.160. The molecule has 0 aliphatic rings. The Balaban J connectivity index is 1.39. The van der Waals surface area contributed by atoms with Crippen molar-refractivity contribution in [1.29, 1.82) is 0 Å². The predicted octanol–water partition coefficient (Wildman–Crippen LogP) is 8.62. The Kier molecular flexibility index (Phi) is 5.28. The van der Waals surface area contributed by atoms with Crippen LogP contribution in [0.15, 0.2) is 97.1 Å². The first-order valence-corrected chi connectivity index (χ1v) is 17.1. The van der Waals surface area contributed by atoms with Crippen LogP contribution in [0.2, 0.25) is 0 Å². The fourth-order valence-corrected chi connectivity index (χ4v) is 9.35. The summed E-state index contributed by atoms with van der Waals surface area (Å²) in [6, 6.07) is 34.4. The molecule has 0 atom stereocenters. The highest BCUT2D eigenvalue weighted by Crippen LogP contribution is 2.39. The first kappa shape index (κ1) is 26.6. The lowest BCUT2D eigenvalue weighted by Crippen LogP contribution is -2.59. The molecule has 212 valence electrons. The summed E-state index contributed by atoms with van der Waals surface area (Å²) < 4.78 is 0. The topological polar surface area (TPSA) is 40.5 Å². The molecule has 8 rings (SSSR count). The van der Waals surface area contributed by atoms with Gasteiger partial charge in [0, 0.05) is 10.4 Å². The molecule has 8 aromatic rings. The van der Waals surface area contributed by atoms with Crippen LogP contribution < -0.4 is 10.4 Å². The van der Waals surface area contributed by atoms with Crippen LogP contribution in [0, 0.1) is 0 Å². The summed E-state index contributed by atoms with van der Waals surface area (Å²) in [4.78, 5) is 24.6. The minimum Gasteiger partial charge on any atom is -0.404 e. The summed E-state index contributed by atoms with van der Waals surface area (Å²) in [6.45, 7) is 13.5. The summed E-state index contributed by atoms with van der Waals surface area (Å²) in [7, 11) is -4.12. The minimum atomic E-state index is -4.12. The molecule has 0 fully saturated rings. The predicted molar refractivity (Wildman–Crippen MR) is 187 cm³/mol. The molecule has 0 saturated heterocycles. The van der Waals surface area contributed by atoms with Gasteiger partial charge in [0.25, 0.3) is 0 Å². The third-order valence-corrected chi connectivity index (χ3v) is 12.1. The average Bonchev–Trinajstić information content (AvgIpc) is 2.97. The van der Waals surface area contributed by atoms with E-state index in [0.717, 1.165) is 32.3 Å². The maximum absolute atomic E-state index is 12.3. The Bertz CT molecular complexity index is 2180. The number of hydrogen-bond donors (Lipinski definition) is 2. The van der Waals surface area contributed by atoms with Crippen LogP contribution in [-0.2, 0) is 10.8 Å². The van der Waals surface area contributed by atoms with Crippen molar-refractivity contribution in [2.24, 2.45) is 0 Å². The van der Waals surface area contributed by atoms with Crippen LogP contribution >= 0.6 is 0 Å². The van der Waals surface area contributed by atoms with Crippen molar-refractivity contribution in [1.82, 2.24) is 0 Å². The Morgan fingerprint density at radius 2 is 0.698 bits per heavy atom. The molecule has 0 unspecified atom stereocenters. The van der Waals surface area contributed by atoms with Gasteiger partial charge in [0.05, 0.1) is 0 Å². The normalized spacial score (nSPS) is 13.6. The first-order chi connectivity index (χ1) is 20.3. The zero-order valence-corrected chi connectivity index (χ0v) is 26.6. The van der Waals surface area contributed by atoms with Crippen molar-refractivity contribution < 1.29 is 9.59 Å². The van der Waals surface area contributed by atoms with Crippen LogP contribution in [0.3, 0.4) is 0 Å². The van der Waals surface area contributed by atoms with Crippen molar-refractivity contribution in [2.75, 3.05) is 0 Å². The summed E-state index contributed by atoms with van der Waals surface area (Å²) in [5, 5.41) is 14.8. The molecule has 0 saturated carbocycles. The molecular weight excluding hydrogens is 541 g/mol. The Hall–Kier alpha value is -4.02. The Labute approximate surface area is 253 Å². The number of benzene rings is 8. The second kappa shape index (κ2) is 8.54. The lowest BCUT2D eigenvalue weighted by Gasteiger charge is -2.26. The van der Waals surface area contributed by atoms with E-state index in [2.05, 4.69) is 126 Å². The van der Waals surface area contributed by atoms with Gasteiger partial charge in [0.15, 0.2) is 0 Å². The zero-order chi connectivity index (χ0) is 30.1. The molecular formula is C40H36O2Si. The lowest BCUT2D eigenvalue weighted by atomic mass is 9.83. The summed E-state index contributed by atoms with van der Waals surface area (Å²) >= 11 is 0. The van der Waals surface area contributed by atoms with Gasteiger partial charge in [-0.2, -0.15) is 0 Å². The molecule has 0 amide bonds. The van der Waals surface area contributed by atoms with Gasteiger partial charge in [-0.1, -0.05) is 139 Å². The van der Waals surface area contributed by atoms with Gasteiger partial charge in [-0.15, -0.1) is 0 Å². The van der Waals surface area contributed by atoms with Crippen molar-refractivity contribution in [3.05, 3.63) is 108 Å². The van der Waals surface area contributed by atoms with E-state index in [1.54, 1.807) is 0 Å². The third-order valence-electron chi connectivity index (χ3n) is 9.68. The fraction of sp³-hybridized carbons (Fsp3) is 0.200. The lowest BCUT2D eigenvalue weighted by molar-refractivity contribution is 0.402. The second-order valence-electron chi connectivity index (χ2n) is 14.5. The van der Waals surface area contributed by atoms with E-state index in [-0.39, 0.29) is 10.8 Å². The SMILES string of the molecule is CC(C)(C)c1cc2ccc3ccc([Si](O)(O)c4ccc5ccc6cc(C(C)(C)C)cc7ccc4c5c67)c4ccc(c1)c2c34. The van der Waals surface area contributed by atoms with E-state index in [1.807, 2.05) is 12.1 Å². The average molecular weight is 577 g/mol. The van der Waals surface area contributed by atoms with Crippen LogP contribution in [0.25, 0.3) is 64.6 Å². The molecule has 0 heterocycles. The van der Waals surface area contributed by atoms with Gasteiger partial charge in [-0.25, -0.2) is 0 Å². The van der Waals surface area contributed by atoms with Gasteiger partial charge in [0.1, 0.15) is 0 Å². The molecule has 0 aliphatic carbocycles. The molecule has 0 bridgehead atoms. The fourth-order valence-electron chi connectivity index (χ4n) is 7.26. The van der Waals surface area contributed by atoms with Gasteiger partial charge in [0.2, 0.25) is 0 Å². The monoisotopic (exact) mass is 576 g/mol. The maximum atomic E-state index is 12.3. The molecule has 3 heteroatoms. The summed E-state index contributed by atoms with van der Waals surface area (Å²) in [6.07, 6.45) is 0. The highest BCUT2D eigenvalue weighted by atomic mass is 28.4. The number of rotatable bonds is 2. The van der Waals surface area contributed by atoms with Crippen LogP contribution in [0.4, 0.5) is 0 Å². The van der Waals surface area contributed by atoms with Crippen molar-refractivity contribution >= 4 is 83.6 Å². The molecule has 0 spiro atoms. The first-order valence-electron chi connectivity index (χ1n) is 15.2. The Morgan fingerprint density at radius 3 is 1.05 bits per heavy atom. The molecule has 8 aromatic carbocycles. The van der Waals surface area contributed by atoms with Gasteiger partial charge in [-0.3, -0.25) is 0 Å². The standard InChI is InChI=1S/C40H36O2Si/c1-39(2,3)29-19-25-9-7-23-13-17-33(31-15-11-27(21-29)35(25)37(23)31)43(41,42)34-18-14-24-8-10-26-20-30(40(4,5)6)22-28-12-16-32(34)38(24)36(26)28/h7-22,41-42H,1-6H3. The van der Waals surface area contributed by atoms with E-state index in [1.165, 1.54) is 43.4 Å². The number of hydrogen-bond acceptors (Lipinski definition) is 2. The van der Waals surface area contributed by atoms with E-state index in [9.17, 15) is 9.59 Å². The molecule has 2 N–H and O–H groups in total. The molecule has 0 radical (unpaired) electrons. The van der Waals surface area contributed by atoms with E-state index >= 15 is 0 Å². The second-order valence-corrected chi connectivity index (χ2v) is 17.0. The highest BCUT2D eigenvalue weighted by molar-refractivity contribution is 6.93. The largest absolute Gasteiger partial charge is 0.404 e. The zero-order valence-electron chi connectivity index (χ0n) is 25.6. The van der Waals surface area contributed by atoms with Crippen molar-refractivity contribution in [3.8, 4) is 0 Å². The van der Waals surface area contributed by atoms with Crippen LogP contribution in [0.1, 0.15) is 52.7 Å². The van der Waals surface area contributed by atoms with E-state index in [4.69, 9.17) is 0 Å². The summed E-state index contributed by atoms with van der Waals surface area (Å²) in [5.41, 5.74) is 2.68. The van der Waals surface area contributed by atoms with Crippen LogP contribution in [0.5, 0.6) is 0 Å². The van der Waals surface area contributed by atoms with E-state index < -0.39 is 8.56 Å². The van der Waals surface area contributed by atoms with Gasteiger partial charge < -0.3 is 9.59 Å². The maximum Gasteiger partial charge on any atom is 0.402 e. The van der Waals surface area contributed by atoms with Gasteiger partial charge in [-0.05, 0) is 86.6 Å². The Morgan fingerprint density at radius 1 is 0.395 bits per heavy atom. The van der Waals surface area contributed by atoms with Crippen molar-refractivity contribution in [2.45, 2.75) is 52.4 Å². The van der Waals surface area contributed by atoms with Gasteiger partial charge >= 0.3 is 8.56 Å². The van der Waals surface area contributed by atoms with Crippen LogP contribution in [-0.4, -0.2) is 18.2 Å². The molecule has 0 aromatic heterocycles. The molecule has 0 aliphatic heterocycles. The van der Waals surface area contributed by atoms with E-state index in [0.29, 0.717) is 10.4 Å². The minimum absolute atomic E-state index is 0.0389. The van der Waals surface area contributed by atoms with Crippen molar-refractivity contribution in [3.63, 3.8) is 0 Å². The third kappa shape index (κ3) is 3.78. The highest BCUT2D eigenvalue weighted by Gasteiger charge is 2.39. The molecule has 43 heavy (non-hydrogen) atoms. The molecule has 2 nitrogen and oxygen atoms in total. The smallest absolute Gasteiger partial charge is 0.402 e.